The molecule has 1 saturated carbocycles. The number of aliphatic imine (C=N–C) groups is 1. The zero-order valence-corrected chi connectivity index (χ0v) is 18.5. The minimum absolute atomic E-state index is 0.195. The summed E-state index contributed by atoms with van der Waals surface area (Å²) >= 11 is 0. The van der Waals surface area contributed by atoms with Crippen molar-refractivity contribution in [2.75, 3.05) is 23.8 Å². The van der Waals surface area contributed by atoms with Gasteiger partial charge in [-0.3, -0.25) is 9.52 Å². The first kappa shape index (κ1) is 21.8. The Labute approximate surface area is 177 Å². The largest absolute Gasteiger partial charge is 0.398 e. The Balaban J connectivity index is 2.10. The highest BCUT2D eigenvalue weighted by Crippen LogP contribution is 2.45. The van der Waals surface area contributed by atoms with Crippen LogP contribution in [0, 0.1) is 0 Å². The molecule has 160 valence electrons. The molecule has 4 N–H and O–H groups in total. The number of sulfonamides is 1. The summed E-state index contributed by atoms with van der Waals surface area (Å²) in [6.07, 6.45) is 3.03. The second-order valence-corrected chi connectivity index (χ2v) is 9.71. The van der Waals surface area contributed by atoms with Crippen molar-refractivity contribution in [3.63, 3.8) is 0 Å². The molecule has 0 radical (unpaired) electrons. The van der Waals surface area contributed by atoms with Gasteiger partial charge in [0.15, 0.2) is 0 Å². The van der Waals surface area contributed by atoms with E-state index < -0.39 is 10.0 Å². The van der Waals surface area contributed by atoms with Crippen LogP contribution in [0.5, 0.6) is 0 Å². The minimum Gasteiger partial charge on any atom is -0.398 e. The van der Waals surface area contributed by atoms with Crippen LogP contribution in [0.2, 0.25) is 0 Å². The van der Waals surface area contributed by atoms with E-state index in [1.54, 1.807) is 12.1 Å². The number of likely N-dealkylation sites (N-methyl/N-ethyl adjacent to an activating group) is 1. The van der Waals surface area contributed by atoms with E-state index in [1.165, 1.54) is 12.6 Å². The van der Waals surface area contributed by atoms with Crippen molar-refractivity contribution in [2.24, 2.45) is 4.99 Å². The third kappa shape index (κ3) is 5.18. The van der Waals surface area contributed by atoms with E-state index >= 15 is 0 Å². The van der Waals surface area contributed by atoms with Crippen molar-refractivity contribution in [1.29, 1.82) is 0 Å². The summed E-state index contributed by atoms with van der Waals surface area (Å²) < 4.78 is 26.1. The van der Waals surface area contributed by atoms with Gasteiger partial charge in [0.25, 0.3) is 5.91 Å². The topological polar surface area (TPSA) is 114 Å². The first-order chi connectivity index (χ1) is 14.1. The molecule has 2 aromatic rings. The molecule has 1 aliphatic rings. The summed E-state index contributed by atoms with van der Waals surface area (Å²) in [6, 6.07) is 11.1. The van der Waals surface area contributed by atoms with Crippen LogP contribution in [0.3, 0.4) is 0 Å². The lowest BCUT2D eigenvalue weighted by Gasteiger charge is -2.16. The van der Waals surface area contributed by atoms with E-state index in [0.29, 0.717) is 22.9 Å². The molecular weight excluding hydrogens is 400 g/mol. The lowest BCUT2D eigenvalue weighted by molar-refractivity contribution is -0.114. The van der Waals surface area contributed by atoms with Gasteiger partial charge in [0, 0.05) is 18.3 Å². The number of hydrogen-bond acceptors (Lipinski definition) is 5. The first-order valence-electron chi connectivity index (χ1n) is 9.91. The number of nitrogens with one attached hydrogen (secondary N) is 2. The fraction of sp³-hybridized carbons (Fsp3) is 0.364. The van der Waals surface area contributed by atoms with Crippen molar-refractivity contribution in [3.05, 3.63) is 53.1 Å². The molecule has 1 aliphatic carbocycles. The molecule has 8 heteroatoms. The van der Waals surface area contributed by atoms with Gasteiger partial charge in [0.05, 0.1) is 17.6 Å². The molecule has 0 atom stereocenters. The van der Waals surface area contributed by atoms with Gasteiger partial charge >= 0.3 is 0 Å². The quantitative estimate of drug-likeness (QED) is 0.462. The molecular formula is C22H28N4O3S. The summed E-state index contributed by atoms with van der Waals surface area (Å²) in [7, 11) is -1.91. The Morgan fingerprint density at radius 2 is 1.80 bits per heavy atom. The van der Waals surface area contributed by atoms with Crippen LogP contribution in [0.25, 0.3) is 0 Å². The van der Waals surface area contributed by atoms with Crippen LogP contribution in [0.15, 0.2) is 41.4 Å². The van der Waals surface area contributed by atoms with Crippen molar-refractivity contribution in [3.8, 4) is 0 Å². The zero-order chi connectivity index (χ0) is 22.1. The zero-order valence-electron chi connectivity index (χ0n) is 17.7. The molecule has 1 fully saturated rings. The van der Waals surface area contributed by atoms with Crippen LogP contribution < -0.4 is 15.8 Å². The third-order valence-corrected chi connectivity index (χ3v) is 5.62. The maximum absolute atomic E-state index is 12.6. The molecule has 0 aromatic heterocycles. The summed E-state index contributed by atoms with van der Waals surface area (Å²) in [5.74, 6) is 0.276. The van der Waals surface area contributed by atoms with Gasteiger partial charge in [0.2, 0.25) is 10.0 Å². The van der Waals surface area contributed by atoms with E-state index in [4.69, 9.17) is 5.73 Å². The molecule has 3 rings (SSSR count). The van der Waals surface area contributed by atoms with Gasteiger partial charge < -0.3 is 11.1 Å². The second kappa shape index (κ2) is 8.47. The standard InChI is InChI=1S/C22H28N4O3S/c1-13(2)14-7-9-16(10-8-14)25-21(22(27)24-3)18-11-17(15-5-6-15)20(12-19(18)23)26-30(4,28)29/h7-13,15,26H,5-6,23H2,1-4H3,(H,24,27). The molecule has 0 aliphatic heterocycles. The third-order valence-electron chi connectivity index (χ3n) is 5.03. The Morgan fingerprint density at radius 1 is 1.17 bits per heavy atom. The molecule has 0 unspecified atom stereocenters. The number of nitrogens with two attached hydrogens (primary N) is 1. The van der Waals surface area contributed by atoms with Gasteiger partial charge in [-0.2, -0.15) is 0 Å². The molecule has 0 heterocycles. The van der Waals surface area contributed by atoms with Gasteiger partial charge in [-0.1, -0.05) is 26.0 Å². The Hall–Kier alpha value is -2.87. The number of rotatable bonds is 7. The summed E-state index contributed by atoms with van der Waals surface area (Å²) in [6.45, 7) is 4.22. The van der Waals surface area contributed by atoms with E-state index in [1.807, 2.05) is 24.3 Å². The fourth-order valence-electron chi connectivity index (χ4n) is 3.27. The van der Waals surface area contributed by atoms with Crippen molar-refractivity contribution in [1.82, 2.24) is 5.32 Å². The molecule has 7 nitrogen and oxygen atoms in total. The van der Waals surface area contributed by atoms with Gasteiger partial charge in [-0.05, 0) is 60.1 Å². The monoisotopic (exact) mass is 428 g/mol. The number of hydrogen-bond donors (Lipinski definition) is 3. The molecule has 0 bridgehead atoms. The number of benzene rings is 2. The van der Waals surface area contributed by atoms with E-state index in [2.05, 4.69) is 28.9 Å². The molecule has 1 amide bonds. The van der Waals surface area contributed by atoms with Crippen LogP contribution >= 0.6 is 0 Å². The van der Waals surface area contributed by atoms with Crippen molar-refractivity contribution in [2.45, 2.75) is 38.5 Å². The number of amides is 1. The number of nitrogens with zero attached hydrogens (tertiary/aromatic N) is 1. The fourth-order valence-corrected chi connectivity index (χ4v) is 3.85. The molecule has 2 aromatic carbocycles. The number of carbonyl (C=O) groups excluding carboxylic acids is 1. The highest BCUT2D eigenvalue weighted by Gasteiger charge is 2.29. The van der Waals surface area contributed by atoms with Crippen LogP contribution in [-0.2, 0) is 14.8 Å². The van der Waals surface area contributed by atoms with Gasteiger partial charge in [-0.15, -0.1) is 0 Å². The number of anilines is 2. The average molecular weight is 429 g/mol. The number of carbonyl (C=O) groups is 1. The molecule has 0 spiro atoms. The van der Waals surface area contributed by atoms with Crippen molar-refractivity contribution >= 4 is 38.7 Å². The van der Waals surface area contributed by atoms with Crippen molar-refractivity contribution < 1.29 is 13.2 Å². The predicted molar refractivity (Wildman–Crippen MR) is 122 cm³/mol. The maximum Gasteiger partial charge on any atom is 0.270 e. The highest BCUT2D eigenvalue weighted by atomic mass is 32.2. The van der Waals surface area contributed by atoms with Crippen LogP contribution in [0.1, 0.15) is 55.2 Å². The predicted octanol–water partition coefficient (Wildman–Crippen LogP) is 3.51. The van der Waals surface area contributed by atoms with Gasteiger partial charge in [-0.25, -0.2) is 13.4 Å². The van der Waals surface area contributed by atoms with Crippen LogP contribution in [-0.4, -0.2) is 33.3 Å². The Morgan fingerprint density at radius 3 is 2.30 bits per heavy atom. The van der Waals surface area contributed by atoms with E-state index in [-0.39, 0.29) is 23.2 Å². The lowest BCUT2D eigenvalue weighted by Crippen LogP contribution is -2.29. The Bertz CT molecular complexity index is 1090. The maximum atomic E-state index is 12.6. The molecule has 30 heavy (non-hydrogen) atoms. The number of nitrogen functional groups attached to an aromatic ring is 1. The average Bonchev–Trinajstić information content (AvgIpc) is 3.50. The first-order valence-corrected chi connectivity index (χ1v) is 11.8. The smallest absolute Gasteiger partial charge is 0.270 e. The summed E-state index contributed by atoms with van der Waals surface area (Å²) in [4.78, 5) is 17.2. The molecule has 0 saturated heterocycles. The summed E-state index contributed by atoms with van der Waals surface area (Å²) in [5.41, 5.74) is 10.3. The highest BCUT2D eigenvalue weighted by molar-refractivity contribution is 7.92. The van der Waals surface area contributed by atoms with E-state index in [0.717, 1.165) is 24.7 Å². The summed E-state index contributed by atoms with van der Waals surface area (Å²) in [5, 5.41) is 2.62. The normalized spacial score (nSPS) is 14.6. The SMILES string of the molecule is CNC(=O)C(=Nc1ccc(C(C)C)cc1)c1cc(C2CC2)c(NS(C)(=O)=O)cc1N. The second-order valence-electron chi connectivity index (χ2n) is 7.96. The lowest BCUT2D eigenvalue weighted by atomic mass is 9.99. The van der Waals surface area contributed by atoms with Crippen LogP contribution in [0.4, 0.5) is 17.1 Å². The van der Waals surface area contributed by atoms with E-state index in [9.17, 15) is 13.2 Å². The van der Waals surface area contributed by atoms with Gasteiger partial charge in [0.1, 0.15) is 5.71 Å². The minimum atomic E-state index is -3.45. The Kier molecular flexibility index (Phi) is 6.17.